The third kappa shape index (κ3) is 2.22. The van der Waals surface area contributed by atoms with Crippen LogP contribution in [0.15, 0.2) is 24.3 Å². The van der Waals surface area contributed by atoms with Crippen LogP contribution < -0.4 is 5.32 Å². The predicted molar refractivity (Wildman–Crippen MR) is 59.8 cm³/mol. The summed E-state index contributed by atoms with van der Waals surface area (Å²) in [6.45, 7) is 1.79. The minimum atomic E-state index is -0.318. The number of amides is 1. The number of hydrogen-bond donors (Lipinski definition) is 1. The second kappa shape index (κ2) is 4.61. The van der Waals surface area contributed by atoms with Crippen LogP contribution in [0.25, 0.3) is 0 Å². The number of benzene rings is 1. The van der Waals surface area contributed by atoms with E-state index in [1.807, 2.05) is 0 Å². The molecule has 1 aliphatic rings. The summed E-state index contributed by atoms with van der Waals surface area (Å²) in [6, 6.07) is 5.92. The monoisotopic (exact) mass is 222 g/mol. The van der Waals surface area contributed by atoms with Gasteiger partial charge in [-0.05, 0) is 37.2 Å². The maximum Gasteiger partial charge on any atom is 0.253 e. The van der Waals surface area contributed by atoms with Gasteiger partial charge in [-0.25, -0.2) is 4.39 Å². The van der Waals surface area contributed by atoms with Gasteiger partial charge in [-0.1, -0.05) is 0 Å². The molecule has 0 aromatic heterocycles. The van der Waals surface area contributed by atoms with Gasteiger partial charge in [-0.2, -0.15) is 0 Å². The molecule has 1 aromatic rings. The van der Waals surface area contributed by atoms with E-state index in [9.17, 15) is 9.18 Å². The zero-order valence-corrected chi connectivity index (χ0v) is 9.24. The number of carbonyl (C=O) groups is 1. The lowest BCUT2D eigenvalue weighted by Crippen LogP contribution is -2.38. The smallest absolute Gasteiger partial charge is 0.253 e. The van der Waals surface area contributed by atoms with E-state index in [4.69, 9.17) is 0 Å². The van der Waals surface area contributed by atoms with E-state index in [-0.39, 0.29) is 17.8 Å². The van der Waals surface area contributed by atoms with E-state index in [1.165, 1.54) is 24.3 Å². The summed E-state index contributed by atoms with van der Waals surface area (Å²) in [5.74, 6) is -0.365. The molecule has 1 fully saturated rings. The minimum Gasteiger partial charge on any atom is -0.337 e. The van der Waals surface area contributed by atoms with E-state index < -0.39 is 0 Å². The Morgan fingerprint density at radius 1 is 1.44 bits per heavy atom. The van der Waals surface area contributed by atoms with Gasteiger partial charge in [-0.15, -0.1) is 0 Å². The number of carbonyl (C=O) groups excluding carboxylic acids is 1. The van der Waals surface area contributed by atoms with E-state index in [0.717, 1.165) is 19.5 Å². The molecule has 1 amide bonds. The maximum atomic E-state index is 12.7. The van der Waals surface area contributed by atoms with Gasteiger partial charge in [0.2, 0.25) is 0 Å². The Morgan fingerprint density at radius 3 is 2.69 bits per heavy atom. The molecule has 1 N–H and O–H groups in total. The molecule has 0 radical (unpaired) electrons. The number of likely N-dealkylation sites (N-methyl/N-ethyl adjacent to an activating group) is 1. The lowest BCUT2D eigenvalue weighted by atomic mass is 10.1. The molecule has 0 spiro atoms. The third-order valence-corrected chi connectivity index (χ3v) is 2.99. The summed E-state index contributed by atoms with van der Waals surface area (Å²) in [6.07, 6.45) is 0.976. The second-order valence-corrected chi connectivity index (χ2v) is 4.07. The van der Waals surface area contributed by atoms with Crippen LogP contribution in [0.1, 0.15) is 16.8 Å². The van der Waals surface area contributed by atoms with Gasteiger partial charge in [0.15, 0.2) is 0 Å². The van der Waals surface area contributed by atoms with Crippen molar-refractivity contribution in [3.05, 3.63) is 35.6 Å². The van der Waals surface area contributed by atoms with E-state index >= 15 is 0 Å². The third-order valence-electron chi connectivity index (χ3n) is 2.99. The number of nitrogens with zero attached hydrogens (tertiary/aromatic N) is 1. The Hall–Kier alpha value is -1.42. The zero-order chi connectivity index (χ0) is 11.5. The van der Waals surface area contributed by atoms with Gasteiger partial charge < -0.3 is 10.2 Å². The topological polar surface area (TPSA) is 32.3 Å². The highest BCUT2D eigenvalue weighted by Crippen LogP contribution is 2.11. The highest BCUT2D eigenvalue weighted by molar-refractivity contribution is 5.94. The van der Waals surface area contributed by atoms with Crippen LogP contribution in [0.3, 0.4) is 0 Å². The van der Waals surface area contributed by atoms with Gasteiger partial charge in [0.05, 0.1) is 0 Å². The van der Waals surface area contributed by atoms with Crippen molar-refractivity contribution in [3.8, 4) is 0 Å². The fourth-order valence-corrected chi connectivity index (χ4v) is 1.93. The first-order valence-electron chi connectivity index (χ1n) is 5.42. The number of hydrogen-bond acceptors (Lipinski definition) is 2. The van der Waals surface area contributed by atoms with Crippen LogP contribution in [-0.4, -0.2) is 37.0 Å². The Labute approximate surface area is 94.3 Å². The maximum absolute atomic E-state index is 12.7. The Kier molecular flexibility index (Phi) is 3.19. The van der Waals surface area contributed by atoms with Crippen molar-refractivity contribution in [2.24, 2.45) is 0 Å². The summed E-state index contributed by atoms with van der Waals surface area (Å²) in [4.78, 5) is 13.7. The van der Waals surface area contributed by atoms with Gasteiger partial charge in [0, 0.05) is 25.2 Å². The van der Waals surface area contributed by atoms with Gasteiger partial charge in [0.25, 0.3) is 5.91 Å². The molecule has 0 aliphatic carbocycles. The lowest BCUT2D eigenvalue weighted by Gasteiger charge is -2.23. The SMILES string of the molecule is CN(C(=O)c1ccc(F)cc1)C1CCNC1. The molecule has 1 unspecified atom stereocenters. The average molecular weight is 222 g/mol. The van der Waals surface area contributed by atoms with Gasteiger partial charge >= 0.3 is 0 Å². The van der Waals surface area contributed by atoms with Crippen LogP contribution in [0.4, 0.5) is 4.39 Å². The Bertz CT molecular complexity index is 371. The van der Waals surface area contributed by atoms with Crippen molar-refractivity contribution in [1.82, 2.24) is 10.2 Å². The Morgan fingerprint density at radius 2 is 2.12 bits per heavy atom. The lowest BCUT2D eigenvalue weighted by molar-refractivity contribution is 0.0744. The first-order chi connectivity index (χ1) is 7.68. The van der Waals surface area contributed by atoms with Crippen molar-refractivity contribution in [3.63, 3.8) is 0 Å². The highest BCUT2D eigenvalue weighted by Gasteiger charge is 2.23. The largest absolute Gasteiger partial charge is 0.337 e. The summed E-state index contributed by atoms with van der Waals surface area (Å²) < 4.78 is 12.7. The summed E-state index contributed by atoms with van der Waals surface area (Å²) in [5.41, 5.74) is 0.538. The number of halogens is 1. The molecule has 4 heteroatoms. The van der Waals surface area contributed by atoms with Crippen LogP contribution >= 0.6 is 0 Å². The molecule has 1 aliphatic heterocycles. The molecule has 2 rings (SSSR count). The predicted octanol–water partition coefficient (Wildman–Crippen LogP) is 1.26. The minimum absolute atomic E-state index is 0.0475. The molecular weight excluding hydrogens is 207 g/mol. The molecule has 1 aromatic carbocycles. The first kappa shape index (κ1) is 11.1. The summed E-state index contributed by atoms with van der Waals surface area (Å²) >= 11 is 0. The number of rotatable bonds is 2. The van der Waals surface area contributed by atoms with E-state index in [2.05, 4.69) is 5.32 Å². The fourth-order valence-electron chi connectivity index (χ4n) is 1.93. The summed E-state index contributed by atoms with van der Waals surface area (Å²) in [5, 5.41) is 3.21. The normalized spacial score (nSPS) is 19.8. The van der Waals surface area contributed by atoms with Crippen LogP contribution in [-0.2, 0) is 0 Å². The zero-order valence-electron chi connectivity index (χ0n) is 9.24. The van der Waals surface area contributed by atoms with Gasteiger partial charge in [0.1, 0.15) is 5.82 Å². The summed E-state index contributed by atoms with van der Waals surface area (Å²) in [7, 11) is 1.79. The number of nitrogens with one attached hydrogen (secondary N) is 1. The van der Waals surface area contributed by atoms with Crippen LogP contribution in [0.2, 0.25) is 0 Å². The van der Waals surface area contributed by atoms with Gasteiger partial charge in [-0.3, -0.25) is 4.79 Å². The molecule has 1 atom stereocenters. The average Bonchev–Trinajstić information content (AvgIpc) is 2.81. The van der Waals surface area contributed by atoms with Crippen molar-refractivity contribution >= 4 is 5.91 Å². The highest BCUT2D eigenvalue weighted by atomic mass is 19.1. The molecule has 86 valence electrons. The van der Waals surface area contributed by atoms with Crippen LogP contribution in [0.5, 0.6) is 0 Å². The van der Waals surface area contributed by atoms with E-state index in [0.29, 0.717) is 5.56 Å². The standard InChI is InChI=1S/C12H15FN2O/c1-15(11-6-7-14-8-11)12(16)9-2-4-10(13)5-3-9/h2-5,11,14H,6-8H2,1H3. The first-order valence-corrected chi connectivity index (χ1v) is 5.42. The van der Waals surface area contributed by atoms with Crippen molar-refractivity contribution in [2.75, 3.05) is 20.1 Å². The van der Waals surface area contributed by atoms with Crippen LogP contribution in [0, 0.1) is 5.82 Å². The molecule has 16 heavy (non-hydrogen) atoms. The quantitative estimate of drug-likeness (QED) is 0.817. The molecule has 3 nitrogen and oxygen atoms in total. The van der Waals surface area contributed by atoms with Crippen molar-refractivity contribution in [1.29, 1.82) is 0 Å². The van der Waals surface area contributed by atoms with E-state index in [1.54, 1.807) is 11.9 Å². The molecule has 1 heterocycles. The van der Waals surface area contributed by atoms with Crippen molar-refractivity contribution in [2.45, 2.75) is 12.5 Å². The molecular formula is C12H15FN2O. The second-order valence-electron chi connectivity index (χ2n) is 4.07. The fraction of sp³-hybridized carbons (Fsp3) is 0.417. The molecule has 1 saturated heterocycles. The molecule has 0 saturated carbocycles. The van der Waals surface area contributed by atoms with Crippen molar-refractivity contribution < 1.29 is 9.18 Å². The Balaban J connectivity index is 2.08. The molecule has 0 bridgehead atoms.